The van der Waals surface area contributed by atoms with Crippen molar-refractivity contribution in [1.82, 2.24) is 35.4 Å². The van der Waals surface area contributed by atoms with E-state index in [1.165, 1.54) is 18.3 Å². The van der Waals surface area contributed by atoms with Crippen LogP contribution in [0.4, 0.5) is 24.7 Å². The average molecular weight is 746 g/mol. The third-order valence-corrected chi connectivity index (χ3v) is 10.5. The van der Waals surface area contributed by atoms with Crippen LogP contribution in [0.2, 0.25) is 0 Å². The maximum absolute atomic E-state index is 13.6. The standard InChI is InChI=1S/C36H34F3N9O6/c37-36(38,39)35-44-43-26-11-13-28(45-48(26)35)54-21-7-5-20(6-8-21)41-33(52)19-4-10-25(40-18-19)47-16-14-46(15-17-47)24-3-1-2-22-29(24)32(51)30(31(22)50)23-9-12-27(49)42-34(23)53/h1-4,10-11,13,18,20-21,23,30H,5-9,12,14-17H2,(H,41,52)(H,42,49,53)/t20-,21-,23?,30?. The number of ketones is 2. The highest BCUT2D eigenvalue weighted by Gasteiger charge is 2.49. The highest BCUT2D eigenvalue weighted by molar-refractivity contribution is 6.30. The fraction of sp³-hybridized carbons (Fsp3) is 0.417. The van der Waals surface area contributed by atoms with E-state index >= 15 is 0 Å². The Bertz CT molecular complexity index is 2160. The van der Waals surface area contributed by atoms with E-state index in [9.17, 15) is 37.1 Å². The summed E-state index contributed by atoms with van der Waals surface area (Å²) < 4.78 is 46.2. The first-order valence-electron chi connectivity index (χ1n) is 17.7. The van der Waals surface area contributed by atoms with Gasteiger partial charge in [0.05, 0.1) is 23.0 Å². The minimum atomic E-state index is -4.71. The minimum absolute atomic E-state index is 0.0307. The molecule has 3 fully saturated rings. The molecule has 1 aromatic carbocycles. The summed E-state index contributed by atoms with van der Waals surface area (Å²) in [5.41, 5.74) is 1.63. The van der Waals surface area contributed by atoms with Crippen LogP contribution in [0.5, 0.6) is 5.88 Å². The molecule has 2 atom stereocenters. The van der Waals surface area contributed by atoms with Gasteiger partial charge in [-0.25, -0.2) is 4.98 Å². The van der Waals surface area contributed by atoms with Crippen LogP contribution in [0.15, 0.2) is 48.7 Å². The molecule has 2 saturated heterocycles. The van der Waals surface area contributed by atoms with Gasteiger partial charge >= 0.3 is 6.18 Å². The van der Waals surface area contributed by atoms with E-state index in [2.05, 4.69) is 35.8 Å². The van der Waals surface area contributed by atoms with Crippen molar-refractivity contribution in [2.75, 3.05) is 36.0 Å². The number of alkyl halides is 3. The number of fused-ring (bicyclic) bond motifs is 2. The minimum Gasteiger partial charge on any atom is -0.473 e. The van der Waals surface area contributed by atoms with Crippen molar-refractivity contribution in [2.24, 2.45) is 11.8 Å². The Morgan fingerprint density at radius 2 is 1.63 bits per heavy atom. The zero-order valence-corrected chi connectivity index (χ0v) is 28.7. The fourth-order valence-electron chi connectivity index (χ4n) is 7.76. The fourth-order valence-corrected chi connectivity index (χ4v) is 7.76. The molecule has 2 N–H and O–H groups in total. The molecule has 4 aliphatic rings. The summed E-state index contributed by atoms with van der Waals surface area (Å²) >= 11 is 0. The number of piperazine rings is 1. The number of nitrogens with one attached hydrogen (secondary N) is 2. The number of hydrogen-bond donors (Lipinski definition) is 2. The van der Waals surface area contributed by atoms with Crippen LogP contribution in [0.1, 0.15) is 75.4 Å². The molecule has 3 aromatic heterocycles. The van der Waals surface area contributed by atoms with Crippen LogP contribution < -0.4 is 25.2 Å². The van der Waals surface area contributed by atoms with Crippen LogP contribution in [-0.2, 0) is 15.8 Å². The quantitative estimate of drug-likeness (QED) is 0.209. The second kappa shape index (κ2) is 13.8. The number of carbonyl (C=O) groups excluding carboxylic acids is 5. The number of hydrogen-bond acceptors (Lipinski definition) is 12. The lowest BCUT2D eigenvalue weighted by molar-refractivity contribution is -0.146. The van der Waals surface area contributed by atoms with E-state index in [-0.39, 0.29) is 54.0 Å². The van der Waals surface area contributed by atoms with Crippen molar-refractivity contribution in [3.63, 3.8) is 0 Å². The Morgan fingerprint density at radius 1 is 0.870 bits per heavy atom. The Morgan fingerprint density at radius 3 is 2.33 bits per heavy atom. The first-order valence-corrected chi connectivity index (χ1v) is 17.7. The van der Waals surface area contributed by atoms with Crippen LogP contribution in [0, 0.1) is 11.8 Å². The van der Waals surface area contributed by atoms with Gasteiger partial charge < -0.3 is 19.9 Å². The number of carbonyl (C=O) groups is 5. The number of halogens is 3. The number of piperidine rings is 1. The molecule has 4 aromatic rings. The van der Waals surface area contributed by atoms with Crippen LogP contribution in [0.3, 0.4) is 0 Å². The van der Waals surface area contributed by atoms with E-state index < -0.39 is 35.7 Å². The highest BCUT2D eigenvalue weighted by atomic mass is 19.4. The van der Waals surface area contributed by atoms with Crippen molar-refractivity contribution < 1.29 is 41.9 Å². The third-order valence-electron chi connectivity index (χ3n) is 10.5. The van der Waals surface area contributed by atoms with E-state index in [1.807, 2.05) is 11.0 Å². The van der Waals surface area contributed by atoms with Crippen LogP contribution in [-0.4, -0.2) is 92.4 Å². The number of ether oxygens (including phenoxy) is 1. The molecule has 2 aliphatic heterocycles. The second-order valence-electron chi connectivity index (χ2n) is 13.9. The lowest BCUT2D eigenvalue weighted by Gasteiger charge is -2.37. The lowest BCUT2D eigenvalue weighted by Crippen LogP contribution is -2.47. The van der Waals surface area contributed by atoms with Gasteiger partial charge in [-0.3, -0.25) is 29.3 Å². The Balaban J connectivity index is 0.831. The van der Waals surface area contributed by atoms with Crippen molar-refractivity contribution in [1.29, 1.82) is 0 Å². The number of imide groups is 1. The predicted octanol–water partition coefficient (Wildman–Crippen LogP) is 3.03. The first-order chi connectivity index (χ1) is 25.9. The van der Waals surface area contributed by atoms with Gasteiger partial charge in [-0.05, 0) is 56.4 Å². The summed E-state index contributed by atoms with van der Waals surface area (Å²) in [5, 5.41) is 15.9. The molecule has 15 nitrogen and oxygen atoms in total. The SMILES string of the molecule is O=C1CCC(C2C(=O)c3cccc(N4CCN(c5ccc(C(=O)N[C@H]6CC[C@H](Oc7ccc8nnc(C(F)(F)F)n8n7)CC6)cn5)CC4)c3C2=O)C(=O)N1. The van der Waals surface area contributed by atoms with Gasteiger partial charge in [0.2, 0.25) is 17.7 Å². The van der Waals surface area contributed by atoms with Gasteiger partial charge in [0.15, 0.2) is 17.2 Å². The number of rotatable bonds is 7. The Labute approximate surface area is 305 Å². The predicted molar refractivity (Wildman–Crippen MR) is 183 cm³/mol. The number of anilines is 2. The molecule has 0 radical (unpaired) electrons. The number of pyridine rings is 1. The smallest absolute Gasteiger partial charge is 0.453 e. The number of Topliss-reactive ketones (excluding diaryl/α,β-unsaturated/α-hetero) is 2. The van der Waals surface area contributed by atoms with Crippen molar-refractivity contribution in [3.8, 4) is 5.88 Å². The molecule has 18 heteroatoms. The highest BCUT2D eigenvalue weighted by Crippen LogP contribution is 2.40. The molecule has 8 rings (SSSR count). The Kier molecular flexibility index (Phi) is 8.97. The van der Waals surface area contributed by atoms with E-state index in [0.29, 0.717) is 84.6 Å². The second-order valence-corrected chi connectivity index (χ2v) is 13.9. The summed E-state index contributed by atoms with van der Waals surface area (Å²) in [5.74, 6) is -4.54. The molecule has 2 aliphatic carbocycles. The van der Waals surface area contributed by atoms with E-state index in [4.69, 9.17) is 4.74 Å². The molecule has 0 bridgehead atoms. The molecule has 1 saturated carbocycles. The number of aromatic nitrogens is 5. The zero-order chi connectivity index (χ0) is 37.7. The van der Waals surface area contributed by atoms with Crippen LogP contribution in [0.25, 0.3) is 5.65 Å². The molecule has 280 valence electrons. The van der Waals surface area contributed by atoms with E-state index in [1.54, 1.807) is 24.3 Å². The summed E-state index contributed by atoms with van der Waals surface area (Å²) in [6.07, 6.45) is -0.872. The van der Waals surface area contributed by atoms with Gasteiger partial charge in [-0.1, -0.05) is 12.1 Å². The maximum Gasteiger partial charge on any atom is 0.453 e. The third kappa shape index (κ3) is 6.60. The van der Waals surface area contributed by atoms with Gasteiger partial charge in [-0.15, -0.1) is 15.3 Å². The summed E-state index contributed by atoms with van der Waals surface area (Å²) in [4.78, 5) is 72.9. The van der Waals surface area contributed by atoms with E-state index in [0.717, 1.165) is 0 Å². The van der Waals surface area contributed by atoms with Crippen LogP contribution >= 0.6 is 0 Å². The number of benzene rings is 1. The first kappa shape index (κ1) is 35.1. The molecular formula is C36H34F3N9O6. The average Bonchev–Trinajstić information content (AvgIpc) is 3.71. The molecule has 54 heavy (non-hydrogen) atoms. The number of amides is 3. The molecule has 0 spiro atoms. The van der Waals surface area contributed by atoms with Crippen molar-refractivity contribution in [3.05, 3.63) is 71.2 Å². The Hall–Kier alpha value is -5.94. The normalized spacial score (nSPS) is 23.4. The zero-order valence-electron chi connectivity index (χ0n) is 28.7. The molecule has 3 amide bonds. The van der Waals surface area contributed by atoms with Crippen molar-refractivity contribution in [2.45, 2.75) is 56.8 Å². The summed E-state index contributed by atoms with van der Waals surface area (Å²) in [6, 6.07) is 11.4. The van der Waals surface area contributed by atoms with Gasteiger partial charge in [0, 0.05) is 62.2 Å². The topological polar surface area (TPSA) is 181 Å². The molecule has 5 heterocycles. The molecular weight excluding hydrogens is 711 g/mol. The van der Waals surface area contributed by atoms with Gasteiger partial charge in [0.25, 0.3) is 11.7 Å². The summed E-state index contributed by atoms with van der Waals surface area (Å²) in [7, 11) is 0. The summed E-state index contributed by atoms with van der Waals surface area (Å²) in [6.45, 7) is 2.21. The largest absolute Gasteiger partial charge is 0.473 e. The lowest BCUT2D eigenvalue weighted by atomic mass is 9.82. The van der Waals surface area contributed by atoms with Gasteiger partial charge in [-0.2, -0.15) is 17.7 Å². The van der Waals surface area contributed by atoms with Gasteiger partial charge in [0.1, 0.15) is 11.9 Å². The maximum atomic E-state index is 13.6. The molecule has 2 unspecified atom stereocenters. The number of nitrogens with zero attached hydrogens (tertiary/aromatic N) is 7. The monoisotopic (exact) mass is 745 g/mol. The van der Waals surface area contributed by atoms with Crippen molar-refractivity contribution >= 4 is 46.4 Å².